The molecule has 1 aliphatic carbocycles. The van der Waals surface area contributed by atoms with Gasteiger partial charge in [-0.25, -0.2) is 13.1 Å². The van der Waals surface area contributed by atoms with Crippen molar-refractivity contribution in [1.82, 2.24) is 4.72 Å². The van der Waals surface area contributed by atoms with Gasteiger partial charge in [-0.3, -0.25) is 0 Å². The van der Waals surface area contributed by atoms with Crippen molar-refractivity contribution in [3.63, 3.8) is 0 Å². The third-order valence-corrected chi connectivity index (χ3v) is 6.14. The Balaban J connectivity index is 1.83. The maximum Gasteiger partial charge on any atom is 0.240 e. The summed E-state index contributed by atoms with van der Waals surface area (Å²) < 4.78 is 28.3. The molecule has 0 bridgehead atoms. The lowest BCUT2D eigenvalue weighted by molar-refractivity contribution is 0.361. The number of nitrogens with one attached hydrogen (secondary N) is 1. The third-order valence-electron chi connectivity index (χ3n) is 4.63. The zero-order valence-corrected chi connectivity index (χ0v) is 14.2. The summed E-state index contributed by atoms with van der Waals surface area (Å²) in [4.78, 5) is 0.348. The van der Waals surface area contributed by atoms with Crippen molar-refractivity contribution < 1.29 is 8.42 Å². The minimum absolute atomic E-state index is 0.0301. The molecule has 0 heterocycles. The molecule has 0 amide bonds. The molecule has 2 aromatic carbocycles. The quantitative estimate of drug-likeness (QED) is 0.921. The maximum atomic E-state index is 12.7. The molecule has 0 aliphatic heterocycles. The van der Waals surface area contributed by atoms with Crippen molar-refractivity contribution in [3.05, 3.63) is 65.7 Å². The van der Waals surface area contributed by atoms with E-state index in [-0.39, 0.29) is 12.0 Å². The van der Waals surface area contributed by atoms with E-state index in [1.165, 1.54) is 5.56 Å². The smallest absolute Gasteiger partial charge is 0.207 e. The molecule has 3 nitrogen and oxygen atoms in total. The van der Waals surface area contributed by atoms with Gasteiger partial charge in [-0.2, -0.15) is 0 Å². The highest BCUT2D eigenvalue weighted by Crippen LogP contribution is 2.33. The fourth-order valence-corrected chi connectivity index (χ4v) is 4.67. The second-order valence-corrected chi connectivity index (χ2v) is 8.06. The first-order chi connectivity index (χ1) is 11.1. The van der Waals surface area contributed by atoms with E-state index in [4.69, 9.17) is 0 Å². The van der Waals surface area contributed by atoms with E-state index in [9.17, 15) is 8.42 Å². The first kappa shape index (κ1) is 16.2. The van der Waals surface area contributed by atoms with Crippen LogP contribution in [0.2, 0.25) is 0 Å². The fraction of sp³-hybridized carbons (Fsp3) is 0.368. The summed E-state index contributed by atoms with van der Waals surface area (Å²) in [5, 5.41) is 0. The van der Waals surface area contributed by atoms with E-state index in [0.717, 1.165) is 31.2 Å². The molecule has 0 spiro atoms. The Morgan fingerprint density at radius 3 is 2.26 bits per heavy atom. The van der Waals surface area contributed by atoms with Crippen LogP contribution in [0.1, 0.15) is 42.7 Å². The first-order valence-corrected chi connectivity index (χ1v) is 9.68. The fourth-order valence-electron chi connectivity index (χ4n) is 3.36. The zero-order valence-electron chi connectivity index (χ0n) is 13.4. The number of rotatable bonds is 4. The number of benzene rings is 2. The van der Waals surface area contributed by atoms with Crippen LogP contribution in [0.25, 0.3) is 0 Å². The lowest BCUT2D eigenvalue weighted by Crippen LogP contribution is -2.40. The molecule has 1 saturated carbocycles. The highest BCUT2D eigenvalue weighted by atomic mass is 32.2. The van der Waals surface area contributed by atoms with Crippen molar-refractivity contribution >= 4 is 10.0 Å². The summed E-state index contributed by atoms with van der Waals surface area (Å²) in [5.74, 6) is 0.255. The predicted molar refractivity (Wildman–Crippen MR) is 92.9 cm³/mol. The molecule has 0 unspecified atom stereocenters. The second-order valence-electron chi connectivity index (χ2n) is 6.34. The van der Waals surface area contributed by atoms with Crippen LogP contribution in [-0.2, 0) is 10.0 Å². The lowest BCUT2D eigenvalue weighted by atomic mass is 9.80. The summed E-state index contributed by atoms with van der Waals surface area (Å²) >= 11 is 0. The van der Waals surface area contributed by atoms with Gasteiger partial charge in [0.15, 0.2) is 0 Å². The van der Waals surface area contributed by atoms with E-state index in [1.807, 2.05) is 37.3 Å². The van der Waals surface area contributed by atoms with E-state index >= 15 is 0 Å². The summed E-state index contributed by atoms with van der Waals surface area (Å²) in [7, 11) is -3.47. The molecule has 2 aromatic rings. The molecule has 1 aliphatic rings. The normalized spacial score (nSPS) is 22.0. The highest BCUT2D eigenvalue weighted by Gasteiger charge is 2.30. The van der Waals surface area contributed by atoms with Crippen LogP contribution in [0.5, 0.6) is 0 Å². The highest BCUT2D eigenvalue weighted by molar-refractivity contribution is 7.89. The van der Waals surface area contributed by atoms with Crippen LogP contribution < -0.4 is 4.72 Å². The SMILES string of the molecule is Cc1ccc(S(=O)(=O)N[C@H]2CCCC[C@@H]2c2ccccc2)cc1. The molecule has 0 radical (unpaired) electrons. The molecular formula is C19H23NO2S. The van der Waals surface area contributed by atoms with Crippen LogP contribution >= 0.6 is 0 Å². The Labute approximate surface area is 138 Å². The van der Waals surface area contributed by atoms with Crippen LogP contribution in [-0.4, -0.2) is 14.5 Å². The van der Waals surface area contributed by atoms with Gasteiger partial charge in [-0.1, -0.05) is 60.9 Å². The van der Waals surface area contributed by atoms with Crippen LogP contribution in [0, 0.1) is 6.92 Å². The minimum atomic E-state index is -3.47. The van der Waals surface area contributed by atoms with Crippen LogP contribution in [0.3, 0.4) is 0 Å². The number of sulfonamides is 1. The molecular weight excluding hydrogens is 306 g/mol. The largest absolute Gasteiger partial charge is 0.240 e. The number of hydrogen-bond donors (Lipinski definition) is 1. The Morgan fingerprint density at radius 1 is 0.913 bits per heavy atom. The minimum Gasteiger partial charge on any atom is -0.207 e. The van der Waals surface area contributed by atoms with E-state index in [0.29, 0.717) is 4.90 Å². The van der Waals surface area contributed by atoms with Gasteiger partial charge >= 0.3 is 0 Å². The van der Waals surface area contributed by atoms with Crippen molar-refractivity contribution in [2.45, 2.75) is 49.5 Å². The van der Waals surface area contributed by atoms with Crippen LogP contribution in [0.4, 0.5) is 0 Å². The molecule has 122 valence electrons. The first-order valence-electron chi connectivity index (χ1n) is 8.20. The summed E-state index contributed by atoms with van der Waals surface area (Å²) in [6.45, 7) is 1.95. The van der Waals surface area contributed by atoms with Gasteiger partial charge in [-0.15, -0.1) is 0 Å². The van der Waals surface area contributed by atoms with Crippen molar-refractivity contribution in [3.8, 4) is 0 Å². The Kier molecular flexibility index (Phi) is 4.83. The topological polar surface area (TPSA) is 46.2 Å². The Morgan fingerprint density at radius 2 is 1.57 bits per heavy atom. The lowest BCUT2D eigenvalue weighted by Gasteiger charge is -2.32. The molecule has 23 heavy (non-hydrogen) atoms. The van der Waals surface area contributed by atoms with Crippen LogP contribution in [0.15, 0.2) is 59.5 Å². The number of aryl methyl sites for hydroxylation is 1. The van der Waals surface area contributed by atoms with Gasteiger partial charge in [0.05, 0.1) is 4.90 Å². The summed E-state index contributed by atoms with van der Waals surface area (Å²) in [6.07, 6.45) is 4.16. The summed E-state index contributed by atoms with van der Waals surface area (Å²) in [6, 6.07) is 17.2. The monoisotopic (exact) mass is 329 g/mol. The van der Waals surface area contributed by atoms with Gasteiger partial charge < -0.3 is 0 Å². The molecule has 0 saturated heterocycles. The van der Waals surface area contributed by atoms with Gasteiger partial charge in [0, 0.05) is 12.0 Å². The molecule has 1 N–H and O–H groups in total. The molecule has 1 fully saturated rings. The molecule has 3 rings (SSSR count). The summed E-state index contributed by atoms with van der Waals surface area (Å²) in [5.41, 5.74) is 2.28. The van der Waals surface area contributed by atoms with E-state index in [2.05, 4.69) is 16.9 Å². The van der Waals surface area contributed by atoms with Gasteiger partial charge in [0.2, 0.25) is 10.0 Å². The van der Waals surface area contributed by atoms with Crippen molar-refractivity contribution in [2.75, 3.05) is 0 Å². The van der Waals surface area contributed by atoms with E-state index in [1.54, 1.807) is 12.1 Å². The Hall–Kier alpha value is -1.65. The third kappa shape index (κ3) is 3.82. The zero-order chi connectivity index (χ0) is 16.3. The average molecular weight is 329 g/mol. The predicted octanol–water partition coefficient (Wildman–Crippen LogP) is 4.00. The average Bonchev–Trinajstić information content (AvgIpc) is 2.56. The molecule has 4 heteroatoms. The second kappa shape index (κ2) is 6.85. The van der Waals surface area contributed by atoms with Crippen molar-refractivity contribution in [2.24, 2.45) is 0 Å². The maximum absolute atomic E-state index is 12.7. The van der Waals surface area contributed by atoms with Crippen molar-refractivity contribution in [1.29, 1.82) is 0 Å². The number of hydrogen-bond acceptors (Lipinski definition) is 2. The molecule has 2 atom stereocenters. The standard InChI is InChI=1S/C19H23NO2S/c1-15-11-13-17(14-12-15)23(21,22)20-19-10-6-5-9-18(19)16-7-3-2-4-8-16/h2-4,7-8,11-14,18-20H,5-6,9-10H2,1H3/t18-,19+/m1/s1. The Bertz CT molecular complexity index is 739. The van der Waals surface area contributed by atoms with Gasteiger partial charge in [-0.05, 0) is 37.5 Å². The molecule has 0 aromatic heterocycles. The van der Waals surface area contributed by atoms with Gasteiger partial charge in [0.1, 0.15) is 0 Å². The van der Waals surface area contributed by atoms with Gasteiger partial charge in [0.25, 0.3) is 0 Å². The van der Waals surface area contributed by atoms with E-state index < -0.39 is 10.0 Å².